The fourth-order valence-corrected chi connectivity index (χ4v) is 2.44. The molecule has 0 aliphatic rings. The largest absolute Gasteiger partial charge is 0.481 e. The summed E-state index contributed by atoms with van der Waals surface area (Å²) in [5, 5.41) is 19.0. The van der Waals surface area contributed by atoms with Gasteiger partial charge in [-0.2, -0.15) is 0 Å². The minimum absolute atomic E-state index is 0.0287. The van der Waals surface area contributed by atoms with Crippen molar-refractivity contribution in [3.05, 3.63) is 20.8 Å². The maximum absolute atomic E-state index is 10.6. The van der Waals surface area contributed by atoms with E-state index >= 15 is 0 Å². The first-order valence-electron chi connectivity index (χ1n) is 3.69. The van der Waals surface area contributed by atoms with Crippen molar-refractivity contribution in [2.75, 3.05) is 0 Å². The normalized spacial score (nSPS) is 10.4. The molecule has 0 unspecified atom stereocenters. The summed E-state index contributed by atoms with van der Waals surface area (Å²) in [4.78, 5) is 21.9. The highest BCUT2D eigenvalue weighted by Crippen LogP contribution is 2.22. The molecule has 76 valence electrons. The molecular weight excluding hydrogens is 272 g/mol. The number of halogens is 1. The highest BCUT2D eigenvalue weighted by molar-refractivity contribution is 9.10. The van der Waals surface area contributed by atoms with E-state index < -0.39 is 17.9 Å². The minimum Gasteiger partial charge on any atom is -0.481 e. The number of carboxylic acid groups (broad SMARTS) is 2. The molecule has 1 heterocycles. The molecule has 4 nitrogen and oxygen atoms in total. The van der Waals surface area contributed by atoms with Crippen molar-refractivity contribution in [1.29, 1.82) is 0 Å². The van der Waals surface area contributed by atoms with Gasteiger partial charge in [0, 0.05) is 21.2 Å². The molecule has 0 spiro atoms. The van der Waals surface area contributed by atoms with E-state index in [4.69, 9.17) is 10.2 Å². The Kier molecular flexibility index (Phi) is 3.65. The van der Waals surface area contributed by atoms with E-state index in [1.807, 2.05) is 0 Å². The lowest BCUT2D eigenvalue weighted by molar-refractivity contribution is -0.154. The quantitative estimate of drug-likeness (QED) is 0.825. The molecule has 0 amide bonds. The first-order valence-corrected chi connectivity index (χ1v) is 5.36. The van der Waals surface area contributed by atoms with Crippen molar-refractivity contribution in [1.82, 2.24) is 0 Å². The predicted octanol–water partition coefficient (Wildman–Crippen LogP) is 1.84. The Labute approximate surface area is 92.3 Å². The molecule has 0 atom stereocenters. The van der Waals surface area contributed by atoms with Crippen LogP contribution in [-0.2, 0) is 16.0 Å². The Morgan fingerprint density at radius 1 is 1.43 bits per heavy atom. The zero-order chi connectivity index (χ0) is 10.7. The van der Waals surface area contributed by atoms with E-state index in [0.717, 1.165) is 9.35 Å². The second kappa shape index (κ2) is 4.56. The summed E-state index contributed by atoms with van der Waals surface area (Å²) in [5.41, 5.74) is 0. The van der Waals surface area contributed by atoms with Gasteiger partial charge in [-0.15, -0.1) is 11.3 Å². The Hall–Kier alpha value is -0.880. The van der Waals surface area contributed by atoms with Gasteiger partial charge in [0.1, 0.15) is 0 Å². The van der Waals surface area contributed by atoms with Gasteiger partial charge in [0.05, 0.1) is 0 Å². The van der Waals surface area contributed by atoms with Gasteiger partial charge in [-0.1, -0.05) is 0 Å². The maximum Gasteiger partial charge on any atom is 0.318 e. The highest BCUT2D eigenvalue weighted by atomic mass is 79.9. The van der Waals surface area contributed by atoms with Crippen LogP contribution in [0.4, 0.5) is 0 Å². The number of hydrogen-bond acceptors (Lipinski definition) is 3. The summed E-state index contributed by atoms with van der Waals surface area (Å²) in [7, 11) is 0. The van der Waals surface area contributed by atoms with E-state index in [1.54, 1.807) is 11.4 Å². The van der Waals surface area contributed by atoms with Crippen molar-refractivity contribution in [3.8, 4) is 0 Å². The van der Waals surface area contributed by atoms with Crippen molar-refractivity contribution >= 4 is 39.2 Å². The fourth-order valence-electron chi connectivity index (χ4n) is 0.942. The first kappa shape index (κ1) is 11.2. The second-order valence-corrected chi connectivity index (χ2v) is 4.58. The lowest BCUT2D eigenvalue weighted by Crippen LogP contribution is -2.25. The minimum atomic E-state index is -1.36. The molecule has 0 fully saturated rings. The molecule has 0 saturated heterocycles. The zero-order valence-corrected chi connectivity index (χ0v) is 9.34. The smallest absolute Gasteiger partial charge is 0.318 e. The maximum atomic E-state index is 10.6. The van der Waals surface area contributed by atoms with Crippen LogP contribution >= 0.6 is 27.3 Å². The van der Waals surface area contributed by atoms with E-state index in [0.29, 0.717) is 0 Å². The number of aliphatic carboxylic acids is 2. The van der Waals surface area contributed by atoms with E-state index in [2.05, 4.69) is 15.9 Å². The van der Waals surface area contributed by atoms with Crippen molar-refractivity contribution in [3.63, 3.8) is 0 Å². The molecule has 14 heavy (non-hydrogen) atoms. The molecule has 0 aromatic carbocycles. The summed E-state index contributed by atoms with van der Waals surface area (Å²) < 4.78 is 0.840. The Balaban J connectivity index is 2.74. The summed E-state index contributed by atoms with van der Waals surface area (Å²) in [6, 6.07) is 1.73. The van der Waals surface area contributed by atoms with Crippen LogP contribution in [0.15, 0.2) is 15.9 Å². The fraction of sp³-hybridized carbons (Fsp3) is 0.250. The van der Waals surface area contributed by atoms with Crippen LogP contribution in [0.25, 0.3) is 0 Å². The number of carboxylic acids is 2. The van der Waals surface area contributed by atoms with Crippen LogP contribution in [0.3, 0.4) is 0 Å². The third kappa shape index (κ3) is 2.81. The number of thiophene rings is 1. The van der Waals surface area contributed by atoms with Crippen LogP contribution in [0.1, 0.15) is 4.88 Å². The number of hydrogen-bond donors (Lipinski definition) is 2. The standard InChI is InChI=1S/C8H7BrO4S/c9-4-1-5(14-3-4)2-6(7(10)11)8(12)13/h1,3,6H,2H2,(H,10,11)(H,12,13). The van der Waals surface area contributed by atoms with Gasteiger partial charge in [0.2, 0.25) is 0 Å². The van der Waals surface area contributed by atoms with Gasteiger partial charge >= 0.3 is 11.9 Å². The lowest BCUT2D eigenvalue weighted by Gasteiger charge is -2.04. The molecule has 0 radical (unpaired) electrons. The van der Waals surface area contributed by atoms with Crippen LogP contribution < -0.4 is 0 Å². The van der Waals surface area contributed by atoms with Crippen LogP contribution in [0.2, 0.25) is 0 Å². The van der Waals surface area contributed by atoms with E-state index in [-0.39, 0.29) is 6.42 Å². The molecule has 1 aromatic heterocycles. The topological polar surface area (TPSA) is 74.6 Å². The molecule has 2 N–H and O–H groups in total. The number of rotatable bonds is 4. The van der Waals surface area contributed by atoms with Gasteiger partial charge in [0.25, 0.3) is 0 Å². The lowest BCUT2D eigenvalue weighted by atomic mass is 10.1. The molecule has 0 aliphatic heterocycles. The molecule has 0 saturated carbocycles. The first-order chi connectivity index (χ1) is 6.50. The average molecular weight is 279 g/mol. The molecule has 1 aromatic rings. The third-order valence-corrected chi connectivity index (χ3v) is 3.34. The molecule has 6 heteroatoms. The summed E-state index contributed by atoms with van der Waals surface area (Å²) >= 11 is 4.55. The van der Waals surface area contributed by atoms with Crippen molar-refractivity contribution in [2.24, 2.45) is 5.92 Å². The molecular formula is C8H7BrO4S. The molecule has 1 rings (SSSR count). The average Bonchev–Trinajstić information content (AvgIpc) is 2.46. The SMILES string of the molecule is O=C(O)C(Cc1cc(Br)cs1)C(=O)O. The van der Waals surface area contributed by atoms with Gasteiger partial charge < -0.3 is 10.2 Å². The monoisotopic (exact) mass is 278 g/mol. The van der Waals surface area contributed by atoms with Gasteiger partial charge in [-0.3, -0.25) is 9.59 Å². The van der Waals surface area contributed by atoms with Crippen LogP contribution in [0.5, 0.6) is 0 Å². The molecule has 0 bridgehead atoms. The van der Waals surface area contributed by atoms with Gasteiger partial charge in [-0.05, 0) is 22.0 Å². The molecule has 0 aliphatic carbocycles. The van der Waals surface area contributed by atoms with E-state index in [1.165, 1.54) is 11.3 Å². The summed E-state index contributed by atoms with van der Waals surface area (Å²) in [6.07, 6.45) is 0.0287. The summed E-state index contributed by atoms with van der Waals surface area (Å²) in [6.45, 7) is 0. The highest BCUT2D eigenvalue weighted by Gasteiger charge is 2.26. The second-order valence-electron chi connectivity index (χ2n) is 2.66. The third-order valence-electron chi connectivity index (χ3n) is 1.62. The van der Waals surface area contributed by atoms with Crippen molar-refractivity contribution in [2.45, 2.75) is 6.42 Å². The number of carbonyl (C=O) groups is 2. The zero-order valence-electron chi connectivity index (χ0n) is 6.94. The Morgan fingerprint density at radius 2 is 2.00 bits per heavy atom. The van der Waals surface area contributed by atoms with Crippen LogP contribution in [-0.4, -0.2) is 22.2 Å². The van der Waals surface area contributed by atoms with E-state index in [9.17, 15) is 9.59 Å². The van der Waals surface area contributed by atoms with Crippen LogP contribution in [0, 0.1) is 5.92 Å². The van der Waals surface area contributed by atoms with Crippen molar-refractivity contribution < 1.29 is 19.8 Å². The Morgan fingerprint density at radius 3 is 2.36 bits per heavy atom. The Bertz CT molecular complexity index is 346. The summed E-state index contributed by atoms with van der Waals surface area (Å²) in [5.74, 6) is -3.97. The van der Waals surface area contributed by atoms with Gasteiger partial charge in [-0.25, -0.2) is 0 Å². The van der Waals surface area contributed by atoms with Gasteiger partial charge in [0.15, 0.2) is 5.92 Å². The predicted molar refractivity (Wildman–Crippen MR) is 54.5 cm³/mol.